The van der Waals surface area contributed by atoms with Gasteiger partial charge < -0.3 is 10.2 Å². The Bertz CT molecular complexity index is 913. The van der Waals surface area contributed by atoms with E-state index in [1.807, 2.05) is 31.1 Å². The van der Waals surface area contributed by atoms with Crippen LogP contribution < -0.4 is 10.2 Å². The minimum Gasteiger partial charge on any atom is -0.378 e. The van der Waals surface area contributed by atoms with Crippen LogP contribution in [0.5, 0.6) is 0 Å². The highest BCUT2D eigenvalue weighted by atomic mass is 35.5. The Morgan fingerprint density at radius 3 is 2.33 bits per heavy atom. The second-order valence-corrected chi connectivity index (χ2v) is 6.21. The van der Waals surface area contributed by atoms with E-state index in [1.54, 1.807) is 18.2 Å². The Balaban J connectivity index is 2.26. The number of nitriles is 1. The van der Waals surface area contributed by atoms with Crippen molar-refractivity contribution in [2.45, 2.75) is 6.18 Å². The molecule has 0 heterocycles. The SMILES string of the molecule is CN(C)c1ccc(/C=C(\C#N)C(=O)Nc2cc(C(F)(F)F)ccc2Cl)cc1. The van der Waals surface area contributed by atoms with E-state index in [0.29, 0.717) is 5.56 Å². The second kappa shape index (κ2) is 8.14. The first kappa shape index (κ1) is 20.3. The molecule has 27 heavy (non-hydrogen) atoms. The predicted molar refractivity (Wildman–Crippen MR) is 99.4 cm³/mol. The number of carbonyl (C=O) groups is 1. The fraction of sp³-hybridized carbons (Fsp3) is 0.158. The highest BCUT2D eigenvalue weighted by Crippen LogP contribution is 2.34. The number of hydrogen-bond donors (Lipinski definition) is 1. The molecule has 0 aliphatic rings. The van der Waals surface area contributed by atoms with Gasteiger partial charge in [-0.05, 0) is 42.0 Å². The van der Waals surface area contributed by atoms with Crippen molar-refractivity contribution in [2.75, 3.05) is 24.3 Å². The summed E-state index contributed by atoms with van der Waals surface area (Å²) in [6.45, 7) is 0. The molecule has 0 aromatic heterocycles. The van der Waals surface area contributed by atoms with Gasteiger partial charge in [-0.2, -0.15) is 18.4 Å². The Hall–Kier alpha value is -2.98. The molecule has 140 valence electrons. The maximum Gasteiger partial charge on any atom is 0.416 e. The summed E-state index contributed by atoms with van der Waals surface area (Å²) >= 11 is 5.86. The van der Waals surface area contributed by atoms with Crippen molar-refractivity contribution in [1.82, 2.24) is 0 Å². The molecule has 1 amide bonds. The molecule has 0 aliphatic carbocycles. The van der Waals surface area contributed by atoms with Crippen LogP contribution in [0.2, 0.25) is 5.02 Å². The molecule has 0 spiro atoms. The molecule has 0 fully saturated rings. The van der Waals surface area contributed by atoms with E-state index in [-0.39, 0.29) is 16.3 Å². The molecule has 8 heteroatoms. The number of carbonyl (C=O) groups excluding carboxylic acids is 1. The summed E-state index contributed by atoms with van der Waals surface area (Å²) in [5.74, 6) is -0.851. The lowest BCUT2D eigenvalue weighted by molar-refractivity contribution is -0.137. The third-order valence-corrected chi connectivity index (χ3v) is 3.96. The average molecular weight is 394 g/mol. The van der Waals surface area contributed by atoms with E-state index in [1.165, 1.54) is 6.08 Å². The third-order valence-electron chi connectivity index (χ3n) is 3.63. The number of amides is 1. The molecule has 0 saturated heterocycles. The maximum absolute atomic E-state index is 12.8. The summed E-state index contributed by atoms with van der Waals surface area (Å²) < 4.78 is 38.4. The van der Waals surface area contributed by atoms with E-state index >= 15 is 0 Å². The third kappa shape index (κ3) is 5.25. The molecule has 0 atom stereocenters. The van der Waals surface area contributed by atoms with Crippen molar-refractivity contribution in [3.8, 4) is 6.07 Å². The number of anilines is 2. The van der Waals surface area contributed by atoms with Crippen molar-refractivity contribution in [1.29, 1.82) is 5.26 Å². The monoisotopic (exact) mass is 393 g/mol. The van der Waals surface area contributed by atoms with Gasteiger partial charge in [-0.25, -0.2) is 0 Å². The van der Waals surface area contributed by atoms with Gasteiger partial charge in [0.1, 0.15) is 11.6 Å². The zero-order valence-electron chi connectivity index (χ0n) is 14.4. The Kier molecular flexibility index (Phi) is 6.13. The highest BCUT2D eigenvalue weighted by molar-refractivity contribution is 6.34. The largest absolute Gasteiger partial charge is 0.416 e. The standard InChI is InChI=1S/C19H15ClF3N3O/c1-26(2)15-6-3-12(4-7-15)9-13(11-24)18(27)25-17-10-14(19(21,22)23)5-8-16(17)20/h3-10H,1-2H3,(H,25,27)/b13-9+. The van der Waals surface area contributed by atoms with Crippen LogP contribution >= 0.6 is 11.6 Å². The van der Waals surface area contributed by atoms with Crippen LogP contribution in [0.3, 0.4) is 0 Å². The highest BCUT2D eigenvalue weighted by Gasteiger charge is 2.31. The van der Waals surface area contributed by atoms with Crippen LogP contribution in [0.4, 0.5) is 24.5 Å². The molecule has 2 aromatic rings. The minimum absolute atomic E-state index is 0.0658. The van der Waals surface area contributed by atoms with Gasteiger partial charge in [0.05, 0.1) is 16.3 Å². The molecular formula is C19H15ClF3N3O. The number of halogens is 4. The smallest absolute Gasteiger partial charge is 0.378 e. The average Bonchev–Trinajstić information content (AvgIpc) is 2.60. The van der Waals surface area contributed by atoms with Gasteiger partial charge in [0.2, 0.25) is 0 Å². The van der Waals surface area contributed by atoms with Crippen LogP contribution in [-0.2, 0) is 11.0 Å². The van der Waals surface area contributed by atoms with Crippen molar-refractivity contribution < 1.29 is 18.0 Å². The van der Waals surface area contributed by atoms with Crippen LogP contribution in [-0.4, -0.2) is 20.0 Å². The van der Waals surface area contributed by atoms with Gasteiger partial charge in [0, 0.05) is 19.8 Å². The lowest BCUT2D eigenvalue weighted by Crippen LogP contribution is -2.15. The second-order valence-electron chi connectivity index (χ2n) is 5.80. The number of benzene rings is 2. The number of nitrogens with zero attached hydrogens (tertiary/aromatic N) is 2. The molecule has 0 bridgehead atoms. The molecule has 0 radical (unpaired) electrons. The molecule has 0 saturated carbocycles. The van der Waals surface area contributed by atoms with Crippen LogP contribution in [0, 0.1) is 11.3 Å². The Morgan fingerprint density at radius 1 is 1.19 bits per heavy atom. The van der Waals surface area contributed by atoms with E-state index in [4.69, 9.17) is 11.6 Å². The fourth-order valence-corrected chi connectivity index (χ4v) is 2.34. The summed E-state index contributed by atoms with van der Waals surface area (Å²) in [4.78, 5) is 14.2. The number of rotatable bonds is 4. The molecular weight excluding hydrogens is 379 g/mol. The molecule has 4 nitrogen and oxygen atoms in total. The molecule has 2 rings (SSSR count). The van der Waals surface area contributed by atoms with E-state index in [2.05, 4.69) is 5.32 Å². The molecule has 0 unspecified atom stereocenters. The lowest BCUT2D eigenvalue weighted by Gasteiger charge is -2.12. The van der Waals surface area contributed by atoms with Crippen molar-refractivity contribution in [3.63, 3.8) is 0 Å². The summed E-state index contributed by atoms with van der Waals surface area (Å²) in [6, 6.07) is 11.4. The molecule has 2 aromatic carbocycles. The van der Waals surface area contributed by atoms with E-state index < -0.39 is 17.6 Å². The van der Waals surface area contributed by atoms with Crippen molar-refractivity contribution in [3.05, 3.63) is 64.2 Å². The number of nitrogens with one attached hydrogen (secondary N) is 1. The van der Waals surface area contributed by atoms with Gasteiger partial charge in [-0.15, -0.1) is 0 Å². The summed E-state index contributed by atoms with van der Waals surface area (Å²) in [5, 5.41) is 11.4. The van der Waals surface area contributed by atoms with Gasteiger partial charge in [0.15, 0.2) is 0 Å². The predicted octanol–water partition coefficient (Wildman–Crippen LogP) is 4.97. The normalized spacial score (nSPS) is 11.7. The van der Waals surface area contributed by atoms with Crippen LogP contribution in [0.25, 0.3) is 6.08 Å². The fourth-order valence-electron chi connectivity index (χ4n) is 2.17. The quantitative estimate of drug-likeness (QED) is 0.589. The van der Waals surface area contributed by atoms with E-state index in [0.717, 1.165) is 23.9 Å². The van der Waals surface area contributed by atoms with Gasteiger partial charge in [-0.1, -0.05) is 23.7 Å². The number of hydrogen-bond acceptors (Lipinski definition) is 3. The minimum atomic E-state index is -4.58. The van der Waals surface area contributed by atoms with Crippen molar-refractivity contribution in [2.24, 2.45) is 0 Å². The van der Waals surface area contributed by atoms with Crippen LogP contribution in [0.15, 0.2) is 48.0 Å². The van der Waals surface area contributed by atoms with E-state index in [9.17, 15) is 23.2 Å². The van der Waals surface area contributed by atoms with Crippen LogP contribution in [0.1, 0.15) is 11.1 Å². The summed E-state index contributed by atoms with van der Waals surface area (Å²) in [7, 11) is 3.75. The topological polar surface area (TPSA) is 56.1 Å². The summed E-state index contributed by atoms with van der Waals surface area (Å²) in [6.07, 6.45) is -3.23. The van der Waals surface area contributed by atoms with Gasteiger partial charge >= 0.3 is 6.18 Å². The van der Waals surface area contributed by atoms with Gasteiger partial charge in [-0.3, -0.25) is 4.79 Å². The number of alkyl halides is 3. The van der Waals surface area contributed by atoms with Crippen molar-refractivity contribution >= 4 is 35.0 Å². The summed E-state index contributed by atoms with van der Waals surface area (Å²) in [5.41, 5.74) is 0.0962. The lowest BCUT2D eigenvalue weighted by atomic mass is 10.1. The van der Waals surface area contributed by atoms with Gasteiger partial charge in [0.25, 0.3) is 5.91 Å². The zero-order chi connectivity index (χ0) is 20.2. The first-order chi connectivity index (χ1) is 12.6. The molecule has 1 N–H and O–H groups in total. The molecule has 0 aliphatic heterocycles. The maximum atomic E-state index is 12.8. The Labute approximate surface area is 159 Å². The zero-order valence-corrected chi connectivity index (χ0v) is 15.2. The Morgan fingerprint density at radius 2 is 1.81 bits per heavy atom. The first-order valence-electron chi connectivity index (χ1n) is 7.69. The first-order valence-corrected chi connectivity index (χ1v) is 8.07.